The summed E-state index contributed by atoms with van der Waals surface area (Å²) in [4.78, 5) is 24.2. The molecule has 9 nitrogen and oxygen atoms in total. The lowest BCUT2D eigenvalue weighted by atomic mass is 9.95. The number of esters is 1. The number of fused-ring (bicyclic) bond motifs is 1. The summed E-state index contributed by atoms with van der Waals surface area (Å²) in [5, 5.41) is 2.90. The molecule has 0 saturated heterocycles. The summed E-state index contributed by atoms with van der Waals surface area (Å²) >= 11 is 0. The molecule has 0 unspecified atom stereocenters. The van der Waals surface area contributed by atoms with Gasteiger partial charge in [0.2, 0.25) is 10.0 Å². The third-order valence-corrected chi connectivity index (χ3v) is 6.53. The zero-order valence-electron chi connectivity index (χ0n) is 17.0. The predicted octanol–water partition coefficient (Wildman–Crippen LogP) is 1.51. The smallest absolute Gasteiger partial charge is 0.307 e. The van der Waals surface area contributed by atoms with Crippen LogP contribution >= 0.6 is 0 Å². The molecule has 1 atom stereocenters. The van der Waals surface area contributed by atoms with Gasteiger partial charge in [0.15, 0.2) is 17.6 Å². The van der Waals surface area contributed by atoms with Crippen molar-refractivity contribution in [3.05, 3.63) is 18.2 Å². The average molecular weight is 441 g/mol. The first-order valence-electron chi connectivity index (χ1n) is 10.2. The molecule has 0 spiro atoms. The van der Waals surface area contributed by atoms with Crippen molar-refractivity contribution in [1.29, 1.82) is 0 Å². The lowest BCUT2D eigenvalue weighted by Gasteiger charge is -2.24. The standard InChI is InChI=1S/C20H28N2O7S/c1-14(20(24)22-15-5-3-2-4-6-15)29-19(23)9-10-21-30(25,26)16-7-8-17-18(13-16)28-12-11-27-17/h7-8,13-15,21H,2-6,9-12H2,1H3,(H,22,24)/t14-/m1/s1. The first-order valence-corrected chi connectivity index (χ1v) is 11.7. The molecule has 0 radical (unpaired) electrons. The van der Waals surface area contributed by atoms with E-state index in [1.165, 1.54) is 31.5 Å². The molecule has 1 aromatic carbocycles. The van der Waals surface area contributed by atoms with Gasteiger partial charge in [-0.3, -0.25) is 9.59 Å². The molecule has 3 rings (SSSR count). The van der Waals surface area contributed by atoms with Gasteiger partial charge in [-0.05, 0) is 31.9 Å². The van der Waals surface area contributed by atoms with Gasteiger partial charge in [-0.2, -0.15) is 0 Å². The first kappa shape index (κ1) is 22.4. The molecular formula is C20H28N2O7S. The number of carbonyl (C=O) groups is 2. The maximum Gasteiger partial charge on any atom is 0.307 e. The van der Waals surface area contributed by atoms with Crippen LogP contribution in [0, 0.1) is 0 Å². The highest BCUT2D eigenvalue weighted by Gasteiger charge is 2.23. The van der Waals surface area contributed by atoms with Gasteiger partial charge in [0.05, 0.1) is 11.3 Å². The third kappa shape index (κ3) is 6.09. The number of hydrogen-bond acceptors (Lipinski definition) is 7. The van der Waals surface area contributed by atoms with Crippen LogP contribution in [-0.2, 0) is 24.3 Å². The summed E-state index contributed by atoms with van der Waals surface area (Å²) in [6, 6.07) is 4.45. The van der Waals surface area contributed by atoms with Crippen LogP contribution < -0.4 is 19.5 Å². The Morgan fingerprint density at radius 1 is 1.13 bits per heavy atom. The van der Waals surface area contributed by atoms with Crippen molar-refractivity contribution in [2.24, 2.45) is 0 Å². The molecular weight excluding hydrogens is 412 g/mol. The monoisotopic (exact) mass is 440 g/mol. The topological polar surface area (TPSA) is 120 Å². The maximum atomic E-state index is 12.4. The number of carbonyl (C=O) groups excluding carboxylic acids is 2. The van der Waals surface area contributed by atoms with Gasteiger partial charge in [-0.25, -0.2) is 13.1 Å². The Bertz CT molecular complexity index is 866. The van der Waals surface area contributed by atoms with Gasteiger partial charge >= 0.3 is 5.97 Å². The van der Waals surface area contributed by atoms with Gasteiger partial charge in [0.1, 0.15) is 13.2 Å². The number of rotatable bonds is 8. The van der Waals surface area contributed by atoms with Gasteiger partial charge in [-0.15, -0.1) is 0 Å². The Hall–Kier alpha value is -2.33. The van der Waals surface area contributed by atoms with Crippen molar-refractivity contribution in [3.8, 4) is 11.5 Å². The van der Waals surface area contributed by atoms with E-state index in [0.29, 0.717) is 24.7 Å². The fourth-order valence-electron chi connectivity index (χ4n) is 3.44. The van der Waals surface area contributed by atoms with Crippen LogP contribution in [0.2, 0.25) is 0 Å². The van der Waals surface area contributed by atoms with Crippen LogP contribution in [0.15, 0.2) is 23.1 Å². The Labute approximate surface area is 176 Å². The molecule has 2 N–H and O–H groups in total. The van der Waals surface area contributed by atoms with Crippen molar-refractivity contribution in [2.75, 3.05) is 19.8 Å². The Morgan fingerprint density at radius 3 is 2.57 bits per heavy atom. The second-order valence-corrected chi connectivity index (χ2v) is 9.20. The molecule has 1 fully saturated rings. The van der Waals surface area contributed by atoms with Crippen molar-refractivity contribution in [2.45, 2.75) is 62.5 Å². The molecule has 1 aliphatic carbocycles. The number of nitrogens with one attached hydrogen (secondary N) is 2. The number of amides is 1. The van der Waals surface area contributed by atoms with E-state index in [0.717, 1.165) is 25.7 Å². The Morgan fingerprint density at radius 2 is 1.83 bits per heavy atom. The molecule has 1 aromatic rings. The minimum Gasteiger partial charge on any atom is -0.486 e. The number of hydrogen-bond donors (Lipinski definition) is 2. The SMILES string of the molecule is C[C@@H](OC(=O)CCNS(=O)(=O)c1ccc2c(c1)OCCO2)C(=O)NC1CCCCC1. The zero-order chi connectivity index (χ0) is 21.6. The van der Waals surface area contributed by atoms with E-state index in [9.17, 15) is 18.0 Å². The highest BCUT2D eigenvalue weighted by Crippen LogP contribution is 2.32. The summed E-state index contributed by atoms with van der Waals surface area (Å²) in [5.41, 5.74) is 0. The molecule has 30 heavy (non-hydrogen) atoms. The van der Waals surface area contributed by atoms with Crippen molar-refractivity contribution in [1.82, 2.24) is 10.0 Å². The minimum absolute atomic E-state index is 0.0142. The van der Waals surface area contributed by atoms with E-state index in [1.54, 1.807) is 0 Å². The minimum atomic E-state index is -3.83. The van der Waals surface area contributed by atoms with E-state index < -0.39 is 22.1 Å². The quantitative estimate of drug-likeness (QED) is 0.588. The van der Waals surface area contributed by atoms with E-state index in [-0.39, 0.29) is 29.8 Å². The maximum absolute atomic E-state index is 12.4. The van der Waals surface area contributed by atoms with Gasteiger partial charge < -0.3 is 19.5 Å². The summed E-state index contributed by atoms with van der Waals surface area (Å²) in [7, 11) is -3.83. The average Bonchev–Trinajstić information content (AvgIpc) is 2.74. The van der Waals surface area contributed by atoms with Crippen LogP contribution in [-0.4, -0.2) is 52.2 Å². The van der Waals surface area contributed by atoms with Crippen molar-refractivity contribution in [3.63, 3.8) is 0 Å². The van der Waals surface area contributed by atoms with Crippen LogP contribution in [0.25, 0.3) is 0 Å². The van der Waals surface area contributed by atoms with E-state index in [4.69, 9.17) is 14.2 Å². The predicted molar refractivity (Wildman–Crippen MR) is 108 cm³/mol. The van der Waals surface area contributed by atoms with Gasteiger partial charge in [-0.1, -0.05) is 19.3 Å². The summed E-state index contributed by atoms with van der Waals surface area (Å²) < 4.78 is 43.1. The first-order chi connectivity index (χ1) is 14.3. The lowest BCUT2D eigenvalue weighted by molar-refractivity contribution is -0.155. The zero-order valence-corrected chi connectivity index (χ0v) is 17.8. The normalized spacial score (nSPS) is 17.8. The van der Waals surface area contributed by atoms with Crippen molar-refractivity contribution >= 4 is 21.9 Å². The molecule has 10 heteroatoms. The van der Waals surface area contributed by atoms with Crippen LogP contribution in [0.1, 0.15) is 45.4 Å². The van der Waals surface area contributed by atoms with E-state index in [1.807, 2.05) is 0 Å². The van der Waals surface area contributed by atoms with E-state index in [2.05, 4.69) is 10.0 Å². The molecule has 1 aliphatic heterocycles. The molecule has 1 saturated carbocycles. The molecule has 166 valence electrons. The molecule has 0 aromatic heterocycles. The highest BCUT2D eigenvalue weighted by molar-refractivity contribution is 7.89. The fraction of sp³-hybridized carbons (Fsp3) is 0.600. The second-order valence-electron chi connectivity index (χ2n) is 7.43. The van der Waals surface area contributed by atoms with Crippen LogP contribution in [0.4, 0.5) is 0 Å². The number of ether oxygens (including phenoxy) is 3. The Balaban J connectivity index is 1.43. The van der Waals surface area contributed by atoms with Crippen molar-refractivity contribution < 1.29 is 32.2 Å². The Kier molecular flexibility index (Phi) is 7.54. The third-order valence-electron chi connectivity index (χ3n) is 5.07. The molecule has 0 bridgehead atoms. The van der Waals surface area contributed by atoms with E-state index >= 15 is 0 Å². The van der Waals surface area contributed by atoms with Gasteiger partial charge in [0, 0.05) is 18.7 Å². The summed E-state index contributed by atoms with van der Waals surface area (Å²) in [6.45, 7) is 2.13. The molecule has 1 amide bonds. The largest absolute Gasteiger partial charge is 0.486 e. The van der Waals surface area contributed by atoms with Crippen LogP contribution in [0.5, 0.6) is 11.5 Å². The number of sulfonamides is 1. The van der Waals surface area contributed by atoms with Crippen LogP contribution in [0.3, 0.4) is 0 Å². The molecule has 2 aliphatic rings. The summed E-state index contributed by atoms with van der Waals surface area (Å²) in [6.07, 6.45) is 4.12. The highest BCUT2D eigenvalue weighted by atomic mass is 32.2. The van der Waals surface area contributed by atoms with Gasteiger partial charge in [0.25, 0.3) is 5.91 Å². The summed E-state index contributed by atoms with van der Waals surface area (Å²) in [5.74, 6) is -0.121. The second kappa shape index (κ2) is 10.1. The number of benzene rings is 1. The lowest BCUT2D eigenvalue weighted by Crippen LogP contribution is -2.43. The molecule has 1 heterocycles. The fourth-order valence-corrected chi connectivity index (χ4v) is 4.48.